The molecule has 4 rings (SSSR count). The smallest absolute Gasteiger partial charge is 0.416 e. The zero-order chi connectivity index (χ0) is 22.2. The number of fused-ring (bicyclic) bond motifs is 1. The fourth-order valence-corrected chi connectivity index (χ4v) is 4.21. The van der Waals surface area contributed by atoms with Gasteiger partial charge in [-0.2, -0.15) is 13.2 Å². The highest BCUT2D eigenvalue weighted by molar-refractivity contribution is 5.78. The van der Waals surface area contributed by atoms with Crippen LogP contribution in [0.3, 0.4) is 0 Å². The first-order chi connectivity index (χ1) is 14.8. The second-order valence-corrected chi connectivity index (χ2v) is 7.98. The third-order valence-corrected chi connectivity index (χ3v) is 6.02. The molecule has 1 saturated heterocycles. The van der Waals surface area contributed by atoms with Gasteiger partial charge < -0.3 is 19.5 Å². The summed E-state index contributed by atoms with van der Waals surface area (Å²) in [5.74, 6) is 1.23. The number of aliphatic hydroxyl groups is 1. The Morgan fingerprint density at radius 2 is 1.97 bits per heavy atom. The maximum Gasteiger partial charge on any atom is 0.416 e. The van der Waals surface area contributed by atoms with Crippen molar-refractivity contribution in [1.29, 1.82) is 0 Å². The molecule has 1 aliphatic heterocycles. The second-order valence-electron chi connectivity index (χ2n) is 7.98. The quantitative estimate of drug-likeness (QED) is 0.751. The third kappa shape index (κ3) is 4.61. The molecule has 2 fully saturated rings. The molecule has 166 valence electrons. The third-order valence-electron chi connectivity index (χ3n) is 6.02. The van der Waals surface area contributed by atoms with Gasteiger partial charge in [0.1, 0.15) is 17.6 Å². The van der Waals surface area contributed by atoms with Crippen molar-refractivity contribution in [2.75, 3.05) is 20.3 Å². The number of carbonyl (C=O) groups excluding carboxylic acids is 1. The Morgan fingerprint density at radius 1 is 1.23 bits per heavy atom. The number of amides is 1. The Hall–Kier alpha value is -2.81. The van der Waals surface area contributed by atoms with E-state index in [1.165, 1.54) is 25.4 Å². The molecule has 31 heavy (non-hydrogen) atoms. The maximum absolute atomic E-state index is 12.9. The van der Waals surface area contributed by atoms with E-state index in [-0.39, 0.29) is 18.3 Å². The molecule has 1 aliphatic carbocycles. The first-order valence-corrected chi connectivity index (χ1v) is 10.0. The van der Waals surface area contributed by atoms with Gasteiger partial charge in [-0.15, -0.1) is 0 Å². The Morgan fingerprint density at radius 3 is 2.65 bits per heavy atom. The lowest BCUT2D eigenvalue weighted by Crippen LogP contribution is -2.49. The van der Waals surface area contributed by atoms with Crippen LogP contribution >= 0.6 is 0 Å². The van der Waals surface area contributed by atoms with Crippen molar-refractivity contribution in [3.05, 3.63) is 53.9 Å². The monoisotopic (exact) mass is 436 g/mol. The van der Waals surface area contributed by atoms with Crippen molar-refractivity contribution in [3.63, 3.8) is 0 Å². The van der Waals surface area contributed by atoms with Crippen LogP contribution in [0, 0.1) is 11.8 Å². The predicted molar refractivity (Wildman–Crippen MR) is 104 cm³/mol. The van der Waals surface area contributed by atoms with E-state index in [1.807, 2.05) is 0 Å². The van der Waals surface area contributed by atoms with E-state index in [2.05, 4.69) is 4.98 Å². The van der Waals surface area contributed by atoms with E-state index < -0.39 is 23.9 Å². The first-order valence-electron chi connectivity index (χ1n) is 10.0. The zero-order valence-corrected chi connectivity index (χ0v) is 16.9. The molecule has 0 spiro atoms. The molecule has 2 heterocycles. The summed E-state index contributed by atoms with van der Waals surface area (Å²) in [6, 6.07) is 5.41. The number of carbonyl (C=O) groups is 1. The molecule has 1 aromatic carbocycles. The van der Waals surface area contributed by atoms with Gasteiger partial charge in [-0.25, -0.2) is 0 Å². The lowest BCUT2D eigenvalue weighted by molar-refractivity contribution is -0.141. The highest BCUT2D eigenvalue weighted by atomic mass is 19.4. The minimum Gasteiger partial charge on any atom is -0.496 e. The summed E-state index contributed by atoms with van der Waals surface area (Å²) >= 11 is 0. The molecule has 3 unspecified atom stereocenters. The summed E-state index contributed by atoms with van der Waals surface area (Å²) in [5.41, 5.74) is -0.272. The molecular weight excluding hydrogens is 413 g/mol. The average Bonchev–Trinajstić information content (AvgIpc) is 3.54. The molecule has 0 radical (unpaired) electrons. The van der Waals surface area contributed by atoms with Crippen LogP contribution in [0.2, 0.25) is 0 Å². The number of methoxy groups -OCH3 is 1. The lowest BCUT2D eigenvalue weighted by atomic mass is 9.93. The van der Waals surface area contributed by atoms with Crippen molar-refractivity contribution in [2.45, 2.75) is 31.2 Å². The van der Waals surface area contributed by atoms with E-state index in [9.17, 15) is 23.1 Å². The minimum atomic E-state index is -4.43. The molecule has 1 aromatic heterocycles. The SMILES string of the molecule is COc1ccncc1C(O)[C@H]1CC2CC2CN1C(=O)COc1ccc(C(F)(F)F)cc1. The summed E-state index contributed by atoms with van der Waals surface area (Å²) in [6.45, 7) is 0.195. The molecule has 1 amide bonds. The molecular formula is C22H23F3N2O4. The molecule has 1 N–H and O–H groups in total. The van der Waals surface area contributed by atoms with Gasteiger partial charge in [0.05, 0.1) is 18.7 Å². The summed E-state index contributed by atoms with van der Waals surface area (Å²) in [7, 11) is 1.50. The summed E-state index contributed by atoms with van der Waals surface area (Å²) in [5, 5.41) is 11.0. The number of alkyl halides is 3. The normalized spacial score (nSPS) is 23.6. The van der Waals surface area contributed by atoms with Gasteiger partial charge in [-0.05, 0) is 55.0 Å². The number of hydrogen-bond donors (Lipinski definition) is 1. The Labute approximate surface area is 177 Å². The number of piperidine rings is 1. The van der Waals surface area contributed by atoms with Crippen LogP contribution in [0.5, 0.6) is 11.5 Å². The summed E-state index contributed by atoms with van der Waals surface area (Å²) in [6.07, 6.45) is -0.635. The fraction of sp³-hybridized carbons (Fsp3) is 0.455. The van der Waals surface area contributed by atoms with E-state index in [1.54, 1.807) is 17.2 Å². The first kappa shape index (κ1) is 21.4. The van der Waals surface area contributed by atoms with E-state index in [4.69, 9.17) is 9.47 Å². The number of nitrogens with zero attached hydrogens (tertiary/aromatic N) is 2. The molecule has 2 aromatic rings. The van der Waals surface area contributed by atoms with Crippen molar-refractivity contribution in [2.24, 2.45) is 11.8 Å². The number of ether oxygens (including phenoxy) is 2. The predicted octanol–water partition coefficient (Wildman–Crippen LogP) is 3.46. The average molecular weight is 436 g/mol. The topological polar surface area (TPSA) is 71.9 Å². The van der Waals surface area contributed by atoms with Crippen molar-refractivity contribution in [3.8, 4) is 11.5 Å². The number of pyridine rings is 1. The molecule has 1 saturated carbocycles. The van der Waals surface area contributed by atoms with Crippen LogP contribution in [0.25, 0.3) is 0 Å². The van der Waals surface area contributed by atoms with Crippen LogP contribution in [-0.4, -0.2) is 47.2 Å². The van der Waals surface area contributed by atoms with Gasteiger partial charge in [0.15, 0.2) is 6.61 Å². The second kappa shape index (κ2) is 8.37. The molecule has 2 aliphatic rings. The number of halogens is 3. The van der Waals surface area contributed by atoms with Crippen molar-refractivity contribution >= 4 is 5.91 Å². The molecule has 9 heteroatoms. The lowest BCUT2D eigenvalue weighted by Gasteiger charge is -2.38. The maximum atomic E-state index is 12.9. The standard InChI is InChI=1S/C22H23F3N2O4/c1-30-19-6-7-26-10-17(19)21(29)18-9-13-8-14(13)11-27(18)20(28)12-31-16-4-2-15(3-5-16)22(23,24)25/h2-7,10,13-14,18,21,29H,8-9,11-12H2,1H3/t13?,14?,18-,21?/m1/s1. The summed E-state index contributed by atoms with van der Waals surface area (Å²) in [4.78, 5) is 18.6. The number of benzene rings is 1. The van der Waals surface area contributed by atoms with Crippen LogP contribution in [0.4, 0.5) is 13.2 Å². The van der Waals surface area contributed by atoms with Gasteiger partial charge in [-0.3, -0.25) is 9.78 Å². The van der Waals surface area contributed by atoms with Crippen molar-refractivity contribution < 1.29 is 32.5 Å². The van der Waals surface area contributed by atoms with E-state index >= 15 is 0 Å². The van der Waals surface area contributed by atoms with E-state index in [0.29, 0.717) is 36.1 Å². The largest absolute Gasteiger partial charge is 0.496 e. The molecule has 4 atom stereocenters. The van der Waals surface area contributed by atoms with Gasteiger partial charge in [-0.1, -0.05) is 0 Å². The Balaban J connectivity index is 1.45. The zero-order valence-electron chi connectivity index (χ0n) is 16.9. The number of hydrogen-bond acceptors (Lipinski definition) is 5. The van der Waals surface area contributed by atoms with Crippen LogP contribution in [-0.2, 0) is 11.0 Å². The minimum absolute atomic E-state index is 0.175. The van der Waals surface area contributed by atoms with Gasteiger partial charge in [0.2, 0.25) is 0 Å². The van der Waals surface area contributed by atoms with Crippen LogP contribution in [0.15, 0.2) is 42.7 Å². The van der Waals surface area contributed by atoms with Crippen LogP contribution < -0.4 is 9.47 Å². The van der Waals surface area contributed by atoms with Gasteiger partial charge in [0.25, 0.3) is 5.91 Å². The fourth-order valence-electron chi connectivity index (χ4n) is 4.21. The number of aromatic nitrogens is 1. The van der Waals surface area contributed by atoms with Crippen LogP contribution in [0.1, 0.15) is 30.1 Å². The molecule has 6 nitrogen and oxygen atoms in total. The number of rotatable bonds is 6. The summed E-state index contributed by atoms with van der Waals surface area (Å²) < 4.78 is 48.8. The van der Waals surface area contributed by atoms with Gasteiger partial charge in [0, 0.05) is 24.5 Å². The number of aliphatic hydroxyl groups excluding tert-OH is 1. The Kier molecular flexibility index (Phi) is 5.79. The number of likely N-dealkylation sites (tertiary alicyclic amines) is 1. The van der Waals surface area contributed by atoms with E-state index in [0.717, 1.165) is 18.6 Å². The van der Waals surface area contributed by atoms with Crippen molar-refractivity contribution in [1.82, 2.24) is 9.88 Å². The van der Waals surface area contributed by atoms with Gasteiger partial charge >= 0.3 is 6.18 Å². The Bertz CT molecular complexity index is 935. The molecule has 0 bridgehead atoms. The highest BCUT2D eigenvalue weighted by Gasteiger charge is 2.49. The highest BCUT2D eigenvalue weighted by Crippen LogP contribution is 2.49.